The van der Waals surface area contributed by atoms with E-state index in [0.717, 1.165) is 6.07 Å². The highest BCUT2D eigenvalue weighted by Crippen LogP contribution is 2.30. The fraction of sp³-hybridized carbons (Fsp3) is 0.333. The molecule has 0 spiro atoms. The van der Waals surface area contributed by atoms with Crippen molar-refractivity contribution >= 4 is 5.97 Å². The van der Waals surface area contributed by atoms with Gasteiger partial charge in [-0.25, -0.2) is 14.2 Å². The Morgan fingerprint density at radius 2 is 2.27 bits per heavy atom. The van der Waals surface area contributed by atoms with Crippen LogP contribution in [0.1, 0.15) is 34.8 Å². The van der Waals surface area contributed by atoms with E-state index >= 15 is 0 Å². The van der Waals surface area contributed by atoms with E-state index in [9.17, 15) is 14.3 Å². The van der Waals surface area contributed by atoms with Crippen molar-refractivity contribution in [1.82, 2.24) is 9.97 Å². The van der Waals surface area contributed by atoms with Crippen molar-refractivity contribution < 1.29 is 24.1 Å². The molecular formula is C15H17FN2O4. The molecule has 0 aliphatic heterocycles. The molecule has 6 nitrogen and oxygen atoms in total. The first-order valence-electron chi connectivity index (χ1n) is 6.86. The molecule has 22 heavy (non-hydrogen) atoms. The Hall–Kier alpha value is -2.41. The summed E-state index contributed by atoms with van der Waals surface area (Å²) in [5.74, 6) is -1.63. The maximum Gasteiger partial charge on any atom is 0.356 e. The van der Waals surface area contributed by atoms with Crippen molar-refractivity contribution in [2.24, 2.45) is 0 Å². The van der Waals surface area contributed by atoms with E-state index in [1.165, 1.54) is 24.7 Å². The van der Waals surface area contributed by atoms with Gasteiger partial charge in [0.15, 0.2) is 0 Å². The summed E-state index contributed by atoms with van der Waals surface area (Å²) in [5, 5.41) is 18.8. The maximum atomic E-state index is 13.1. The highest BCUT2D eigenvalue weighted by atomic mass is 19.1. The predicted molar refractivity (Wildman–Crippen MR) is 76.0 cm³/mol. The molecule has 1 atom stereocenters. The number of imidazole rings is 1. The number of ether oxygens (including phenoxy) is 1. The molecule has 2 aromatic rings. The number of hydrogen-bond acceptors (Lipinski definition) is 5. The molecular weight excluding hydrogens is 291 g/mol. The van der Waals surface area contributed by atoms with Crippen LogP contribution in [0.25, 0.3) is 0 Å². The van der Waals surface area contributed by atoms with E-state index in [-0.39, 0.29) is 30.6 Å². The lowest BCUT2D eigenvalue weighted by Gasteiger charge is -2.18. The molecule has 0 saturated heterocycles. The van der Waals surface area contributed by atoms with Gasteiger partial charge in [-0.2, -0.15) is 0 Å². The third kappa shape index (κ3) is 4.05. The molecule has 0 aliphatic carbocycles. The average Bonchev–Trinajstić information content (AvgIpc) is 3.02. The number of aromatic nitrogens is 2. The number of hydrogen-bond donors (Lipinski definition) is 3. The van der Waals surface area contributed by atoms with Gasteiger partial charge in [0.1, 0.15) is 17.3 Å². The van der Waals surface area contributed by atoms with Crippen molar-refractivity contribution in [3.05, 3.63) is 47.8 Å². The number of phenols is 1. The molecule has 0 amide bonds. The number of nitrogens with zero attached hydrogens (tertiary/aromatic N) is 1. The molecule has 7 heteroatoms. The second-order valence-corrected chi connectivity index (χ2v) is 4.83. The minimum atomic E-state index is -0.562. The van der Waals surface area contributed by atoms with E-state index in [1.54, 1.807) is 0 Å². The van der Waals surface area contributed by atoms with E-state index in [4.69, 9.17) is 9.84 Å². The lowest BCUT2D eigenvalue weighted by Crippen LogP contribution is -2.14. The molecule has 0 bridgehead atoms. The molecule has 1 heterocycles. The third-order valence-electron chi connectivity index (χ3n) is 3.28. The van der Waals surface area contributed by atoms with Gasteiger partial charge in [0.05, 0.1) is 19.1 Å². The van der Waals surface area contributed by atoms with E-state index in [1.807, 2.05) is 0 Å². The summed E-state index contributed by atoms with van der Waals surface area (Å²) in [7, 11) is 0. The van der Waals surface area contributed by atoms with E-state index in [2.05, 4.69) is 9.97 Å². The van der Waals surface area contributed by atoms with Crippen LogP contribution in [0.3, 0.4) is 0 Å². The van der Waals surface area contributed by atoms with Gasteiger partial charge < -0.3 is 19.9 Å². The Morgan fingerprint density at radius 1 is 1.45 bits per heavy atom. The number of carbonyl (C=O) groups is 1. The Bertz CT molecular complexity index is 616. The lowest BCUT2D eigenvalue weighted by molar-refractivity contribution is 0.0465. The number of halogens is 1. The number of aliphatic hydroxyl groups is 1. The van der Waals surface area contributed by atoms with Gasteiger partial charge in [-0.3, -0.25) is 0 Å². The number of aromatic amines is 1. The van der Waals surface area contributed by atoms with Crippen molar-refractivity contribution in [2.75, 3.05) is 13.2 Å². The molecule has 0 aliphatic rings. The number of phenolic OH excluding ortho intramolecular Hbond substituents is 1. The van der Waals surface area contributed by atoms with Crippen LogP contribution in [-0.4, -0.2) is 39.4 Å². The molecule has 3 N–H and O–H groups in total. The van der Waals surface area contributed by atoms with Crippen LogP contribution in [0.4, 0.5) is 4.39 Å². The first-order chi connectivity index (χ1) is 10.6. The van der Waals surface area contributed by atoms with E-state index < -0.39 is 11.8 Å². The molecule has 2 rings (SSSR count). The number of rotatable bonds is 7. The Balaban J connectivity index is 2.07. The monoisotopic (exact) mass is 308 g/mol. The molecule has 1 aromatic carbocycles. The number of H-pyrrole nitrogens is 1. The van der Waals surface area contributed by atoms with Crippen LogP contribution in [0.2, 0.25) is 0 Å². The minimum Gasteiger partial charge on any atom is -0.508 e. The zero-order valence-corrected chi connectivity index (χ0v) is 11.8. The molecule has 0 fully saturated rings. The fourth-order valence-corrected chi connectivity index (χ4v) is 2.15. The minimum absolute atomic E-state index is 0.0110. The third-order valence-corrected chi connectivity index (χ3v) is 3.28. The lowest BCUT2D eigenvalue weighted by atomic mass is 9.94. The smallest absolute Gasteiger partial charge is 0.356 e. The SMILES string of the molecule is O=C(OCC(CCCO)c1ccc(F)cc1O)c1cnc[nH]1. The number of nitrogens with one attached hydrogen (secondary N) is 1. The van der Waals surface area contributed by atoms with Gasteiger partial charge >= 0.3 is 5.97 Å². The maximum absolute atomic E-state index is 13.1. The topological polar surface area (TPSA) is 95.4 Å². The molecule has 118 valence electrons. The van der Waals surface area contributed by atoms with Gasteiger partial charge in [0.25, 0.3) is 0 Å². The number of carbonyl (C=O) groups excluding carboxylic acids is 1. The Morgan fingerprint density at radius 3 is 2.91 bits per heavy atom. The number of aliphatic hydroxyl groups excluding tert-OH is 1. The summed E-state index contributed by atoms with van der Waals surface area (Å²) in [6, 6.07) is 3.70. The standard InChI is InChI=1S/C15H17FN2O4/c16-11-3-4-12(14(20)6-11)10(2-1-5-19)8-22-15(21)13-7-17-9-18-13/h3-4,6-7,9-10,19-20H,1-2,5,8H2,(H,17,18). The molecule has 0 saturated carbocycles. The van der Waals surface area contributed by atoms with E-state index in [0.29, 0.717) is 18.4 Å². The van der Waals surface area contributed by atoms with Crippen LogP contribution in [-0.2, 0) is 4.74 Å². The summed E-state index contributed by atoms with van der Waals surface area (Å²) >= 11 is 0. The first kappa shape index (κ1) is 16.0. The quantitative estimate of drug-likeness (QED) is 0.680. The summed E-state index contributed by atoms with van der Waals surface area (Å²) in [5.41, 5.74) is 0.705. The summed E-state index contributed by atoms with van der Waals surface area (Å²) in [6.45, 7) is -0.00992. The van der Waals surface area contributed by atoms with Gasteiger partial charge in [-0.1, -0.05) is 6.07 Å². The van der Waals surface area contributed by atoms with Crippen molar-refractivity contribution in [1.29, 1.82) is 0 Å². The molecule has 1 aromatic heterocycles. The van der Waals surface area contributed by atoms with Gasteiger partial charge in [0, 0.05) is 24.2 Å². The molecule has 1 unspecified atom stereocenters. The fourth-order valence-electron chi connectivity index (χ4n) is 2.15. The van der Waals surface area contributed by atoms with Gasteiger partial charge in [-0.05, 0) is 18.9 Å². The number of aromatic hydroxyl groups is 1. The molecule has 0 radical (unpaired) electrons. The number of benzene rings is 1. The van der Waals surface area contributed by atoms with Crippen molar-refractivity contribution in [3.63, 3.8) is 0 Å². The van der Waals surface area contributed by atoms with Crippen LogP contribution < -0.4 is 0 Å². The Kier molecular flexibility index (Phi) is 5.48. The highest BCUT2D eigenvalue weighted by molar-refractivity contribution is 5.86. The van der Waals surface area contributed by atoms with Gasteiger partial charge in [-0.15, -0.1) is 0 Å². The van der Waals surface area contributed by atoms with Crippen molar-refractivity contribution in [3.8, 4) is 5.75 Å². The summed E-state index contributed by atoms with van der Waals surface area (Å²) in [4.78, 5) is 18.2. The summed E-state index contributed by atoms with van der Waals surface area (Å²) < 4.78 is 18.3. The highest BCUT2D eigenvalue weighted by Gasteiger charge is 2.19. The normalized spacial score (nSPS) is 12.1. The average molecular weight is 308 g/mol. The van der Waals surface area contributed by atoms with Crippen LogP contribution in [0.5, 0.6) is 5.75 Å². The summed E-state index contributed by atoms with van der Waals surface area (Å²) in [6.07, 6.45) is 3.68. The van der Waals surface area contributed by atoms with Crippen LogP contribution >= 0.6 is 0 Å². The first-order valence-corrected chi connectivity index (χ1v) is 6.86. The Labute approximate surface area is 126 Å². The second kappa shape index (κ2) is 7.56. The van der Waals surface area contributed by atoms with Crippen LogP contribution in [0.15, 0.2) is 30.7 Å². The van der Waals surface area contributed by atoms with Crippen molar-refractivity contribution in [2.45, 2.75) is 18.8 Å². The second-order valence-electron chi connectivity index (χ2n) is 4.83. The zero-order valence-electron chi connectivity index (χ0n) is 11.8. The number of esters is 1. The largest absolute Gasteiger partial charge is 0.508 e. The van der Waals surface area contributed by atoms with Crippen LogP contribution in [0, 0.1) is 5.82 Å². The zero-order chi connectivity index (χ0) is 15.9. The van der Waals surface area contributed by atoms with Gasteiger partial charge in [0.2, 0.25) is 0 Å². The predicted octanol–water partition coefficient (Wildman–Crippen LogP) is 1.97.